The molecule has 0 saturated heterocycles. The average molecular weight is 413 g/mol. The van der Waals surface area contributed by atoms with Gasteiger partial charge in [0, 0.05) is 42.5 Å². The highest BCUT2D eigenvalue weighted by atomic mass is 35.5. The maximum atomic E-state index is 12.7. The van der Waals surface area contributed by atoms with Crippen LogP contribution in [0.5, 0.6) is 0 Å². The molecule has 0 aliphatic rings. The second-order valence-electron chi connectivity index (χ2n) is 6.48. The fraction of sp³-hybridized carbons (Fsp3) is 0.190. The van der Waals surface area contributed by atoms with Crippen molar-refractivity contribution in [2.75, 3.05) is 6.54 Å². The Labute approximate surface area is 172 Å². The van der Waals surface area contributed by atoms with Crippen LogP contribution in [0.1, 0.15) is 22.3 Å². The number of amides is 2. The van der Waals surface area contributed by atoms with Gasteiger partial charge < -0.3 is 25.5 Å². The van der Waals surface area contributed by atoms with E-state index in [-0.39, 0.29) is 30.0 Å². The number of aromatic nitrogens is 1. The molecule has 0 saturated carbocycles. The van der Waals surface area contributed by atoms with Crippen molar-refractivity contribution in [2.45, 2.75) is 18.9 Å². The van der Waals surface area contributed by atoms with E-state index in [0.29, 0.717) is 0 Å². The van der Waals surface area contributed by atoms with Crippen molar-refractivity contribution in [3.8, 4) is 0 Å². The second-order valence-corrected chi connectivity index (χ2v) is 6.89. The number of carboxylic acids is 1. The van der Waals surface area contributed by atoms with Crippen molar-refractivity contribution in [2.24, 2.45) is 0 Å². The van der Waals surface area contributed by atoms with Crippen molar-refractivity contribution in [1.82, 2.24) is 15.6 Å². The molecule has 8 heteroatoms. The Hall–Kier alpha value is -3.32. The van der Waals surface area contributed by atoms with Crippen LogP contribution in [0.3, 0.4) is 0 Å². The van der Waals surface area contributed by atoms with Crippen LogP contribution in [0.25, 0.3) is 10.9 Å². The Morgan fingerprint density at radius 1 is 1.07 bits per heavy atom. The standard InChI is InChI=1S/C21H20ClN3O4/c22-16-7-3-1-6-15(16)20(28)25-18(21(29)23-10-9-19(26)27)11-13-12-24-17-8-4-2-5-14(13)17/h1-8,12,18,24H,9-11H2,(H,23,29)(H,25,28)(H,26,27)/p-1/t18-/m1/s1. The highest BCUT2D eigenvalue weighted by molar-refractivity contribution is 6.33. The number of H-pyrrole nitrogens is 1. The van der Waals surface area contributed by atoms with Gasteiger partial charge in [0.15, 0.2) is 0 Å². The first-order valence-electron chi connectivity index (χ1n) is 9.03. The molecular formula is C21H19ClN3O4-. The van der Waals surface area contributed by atoms with E-state index in [4.69, 9.17) is 11.6 Å². The molecule has 0 unspecified atom stereocenters. The summed E-state index contributed by atoms with van der Waals surface area (Å²) in [7, 11) is 0. The number of nitrogens with one attached hydrogen (secondary N) is 3. The maximum absolute atomic E-state index is 12.7. The number of fused-ring (bicyclic) bond motifs is 1. The largest absolute Gasteiger partial charge is 0.550 e. The number of para-hydroxylation sites is 1. The number of benzene rings is 2. The molecule has 0 spiro atoms. The zero-order chi connectivity index (χ0) is 20.8. The van der Waals surface area contributed by atoms with Crippen LogP contribution in [0.15, 0.2) is 54.7 Å². The first-order valence-corrected chi connectivity index (χ1v) is 9.41. The predicted octanol–water partition coefficient (Wildman–Crippen LogP) is 1.42. The van der Waals surface area contributed by atoms with Gasteiger partial charge in [-0.15, -0.1) is 0 Å². The van der Waals surface area contributed by atoms with Gasteiger partial charge in [0.1, 0.15) is 6.04 Å². The summed E-state index contributed by atoms with van der Waals surface area (Å²) in [4.78, 5) is 39.1. The van der Waals surface area contributed by atoms with Crippen molar-refractivity contribution in [1.29, 1.82) is 0 Å². The Kier molecular flexibility index (Phi) is 6.51. The molecule has 2 amide bonds. The Bertz CT molecular complexity index is 1050. The lowest BCUT2D eigenvalue weighted by molar-refractivity contribution is -0.305. The van der Waals surface area contributed by atoms with E-state index in [1.54, 1.807) is 30.5 Å². The third-order valence-electron chi connectivity index (χ3n) is 4.47. The SMILES string of the molecule is O=C([O-])CCNC(=O)[C@@H](Cc1c[nH]c2ccccc12)NC(=O)c1ccccc1Cl. The number of hydrogen-bond acceptors (Lipinski definition) is 4. The first kappa shape index (κ1) is 20.4. The summed E-state index contributed by atoms with van der Waals surface area (Å²) in [6, 6.07) is 13.2. The summed E-state index contributed by atoms with van der Waals surface area (Å²) in [6.45, 7) is -0.0898. The van der Waals surface area contributed by atoms with Gasteiger partial charge in [0.2, 0.25) is 5.91 Å². The second kappa shape index (κ2) is 9.25. The number of hydrogen-bond donors (Lipinski definition) is 3. The maximum Gasteiger partial charge on any atom is 0.253 e. The monoisotopic (exact) mass is 412 g/mol. The van der Waals surface area contributed by atoms with Crippen LogP contribution in [-0.4, -0.2) is 35.4 Å². The summed E-state index contributed by atoms with van der Waals surface area (Å²) in [5.74, 6) is -2.24. The summed E-state index contributed by atoms with van der Waals surface area (Å²) in [6.07, 6.45) is 1.69. The van der Waals surface area contributed by atoms with Crippen LogP contribution in [0, 0.1) is 0 Å². The molecule has 0 aliphatic heterocycles. The van der Waals surface area contributed by atoms with Gasteiger partial charge in [-0.25, -0.2) is 0 Å². The minimum Gasteiger partial charge on any atom is -0.550 e. The molecule has 0 aliphatic carbocycles. The number of halogens is 1. The van der Waals surface area contributed by atoms with E-state index in [9.17, 15) is 19.5 Å². The molecular weight excluding hydrogens is 394 g/mol. The average Bonchev–Trinajstić information content (AvgIpc) is 3.10. The molecule has 3 N–H and O–H groups in total. The van der Waals surface area contributed by atoms with Gasteiger partial charge in [-0.2, -0.15) is 0 Å². The lowest BCUT2D eigenvalue weighted by Gasteiger charge is -2.19. The summed E-state index contributed by atoms with van der Waals surface area (Å²) < 4.78 is 0. The third kappa shape index (κ3) is 5.14. The lowest BCUT2D eigenvalue weighted by atomic mass is 10.0. The molecule has 150 valence electrons. The zero-order valence-corrected chi connectivity index (χ0v) is 16.2. The highest BCUT2D eigenvalue weighted by Gasteiger charge is 2.23. The molecule has 1 aromatic heterocycles. The van der Waals surface area contributed by atoms with Crippen molar-refractivity contribution in [3.63, 3.8) is 0 Å². The Morgan fingerprint density at radius 3 is 2.55 bits per heavy atom. The molecule has 3 rings (SSSR count). The fourth-order valence-electron chi connectivity index (χ4n) is 3.02. The van der Waals surface area contributed by atoms with Crippen LogP contribution in [0.2, 0.25) is 5.02 Å². The van der Waals surface area contributed by atoms with Gasteiger partial charge in [-0.1, -0.05) is 41.9 Å². The number of aromatic amines is 1. The van der Waals surface area contributed by atoms with Crippen LogP contribution in [-0.2, 0) is 16.0 Å². The predicted molar refractivity (Wildman–Crippen MR) is 107 cm³/mol. The van der Waals surface area contributed by atoms with E-state index in [1.165, 1.54) is 0 Å². The zero-order valence-electron chi connectivity index (χ0n) is 15.4. The minimum atomic E-state index is -1.27. The van der Waals surface area contributed by atoms with Crippen molar-refractivity contribution < 1.29 is 19.5 Å². The molecule has 29 heavy (non-hydrogen) atoms. The van der Waals surface area contributed by atoms with Crippen LogP contribution >= 0.6 is 11.6 Å². The minimum absolute atomic E-state index is 0.0898. The van der Waals surface area contributed by atoms with Crippen molar-refractivity contribution >= 4 is 40.3 Å². The van der Waals surface area contributed by atoms with Crippen LogP contribution in [0.4, 0.5) is 0 Å². The molecule has 1 atom stereocenters. The third-order valence-corrected chi connectivity index (χ3v) is 4.80. The number of carbonyl (C=O) groups is 3. The summed E-state index contributed by atoms with van der Waals surface area (Å²) >= 11 is 6.08. The van der Waals surface area contributed by atoms with Crippen LogP contribution < -0.4 is 15.7 Å². The fourth-order valence-corrected chi connectivity index (χ4v) is 3.24. The van der Waals surface area contributed by atoms with E-state index < -0.39 is 23.8 Å². The van der Waals surface area contributed by atoms with E-state index >= 15 is 0 Å². The topological polar surface area (TPSA) is 114 Å². The lowest BCUT2D eigenvalue weighted by Crippen LogP contribution is -2.48. The summed E-state index contributed by atoms with van der Waals surface area (Å²) in [5.41, 5.74) is 2.01. The number of rotatable bonds is 8. The molecule has 3 aromatic rings. The van der Waals surface area contributed by atoms with E-state index in [0.717, 1.165) is 16.5 Å². The van der Waals surface area contributed by atoms with Gasteiger partial charge in [0.05, 0.1) is 10.6 Å². The molecule has 0 radical (unpaired) electrons. The quantitative estimate of drug-likeness (QED) is 0.519. The smallest absolute Gasteiger partial charge is 0.253 e. The van der Waals surface area contributed by atoms with Gasteiger partial charge >= 0.3 is 0 Å². The number of carboxylic acid groups (broad SMARTS) is 1. The first-order chi connectivity index (χ1) is 14.0. The Balaban J connectivity index is 1.81. The summed E-state index contributed by atoms with van der Waals surface area (Å²) in [5, 5.41) is 17.0. The Morgan fingerprint density at radius 2 is 1.79 bits per heavy atom. The van der Waals surface area contributed by atoms with Gasteiger partial charge in [-0.3, -0.25) is 9.59 Å². The molecule has 2 aromatic carbocycles. The van der Waals surface area contributed by atoms with E-state index in [1.807, 2.05) is 24.3 Å². The van der Waals surface area contributed by atoms with Gasteiger partial charge in [0.25, 0.3) is 5.91 Å². The highest BCUT2D eigenvalue weighted by Crippen LogP contribution is 2.20. The number of carbonyl (C=O) groups excluding carboxylic acids is 3. The molecule has 1 heterocycles. The van der Waals surface area contributed by atoms with E-state index in [2.05, 4.69) is 15.6 Å². The molecule has 0 bridgehead atoms. The molecule has 7 nitrogen and oxygen atoms in total. The molecule has 0 fully saturated rings. The van der Waals surface area contributed by atoms with Crippen molar-refractivity contribution in [3.05, 3.63) is 70.9 Å². The van der Waals surface area contributed by atoms with Gasteiger partial charge in [-0.05, 0) is 23.8 Å². The normalized spacial score (nSPS) is 11.8. The number of aliphatic carboxylic acids is 1.